The lowest BCUT2D eigenvalue weighted by Gasteiger charge is -2.13. The Labute approximate surface area is 96.7 Å². The van der Waals surface area contributed by atoms with Gasteiger partial charge in [-0.05, 0) is 29.9 Å². The first-order valence-electron chi connectivity index (χ1n) is 4.33. The molecule has 2 unspecified atom stereocenters. The number of benzene rings is 1. The van der Waals surface area contributed by atoms with Crippen molar-refractivity contribution in [1.82, 2.24) is 0 Å². The van der Waals surface area contributed by atoms with Crippen LogP contribution in [0.4, 0.5) is 5.69 Å². The topological polar surface area (TPSA) is 90.1 Å². The summed E-state index contributed by atoms with van der Waals surface area (Å²) < 4.78 is 0. The molecule has 0 saturated carbocycles. The third-order valence-electron chi connectivity index (χ3n) is 1.96. The summed E-state index contributed by atoms with van der Waals surface area (Å²) >= 11 is 4.41. The molecule has 3 N–H and O–H groups in total. The Bertz CT molecular complexity index is 425. The van der Waals surface area contributed by atoms with E-state index < -0.39 is 18.2 Å². The van der Waals surface area contributed by atoms with Gasteiger partial charge in [0.2, 0.25) is 0 Å². The molecule has 1 aromatic rings. The zero-order chi connectivity index (χ0) is 12.1. The molecule has 1 rings (SSSR count). The lowest BCUT2D eigenvalue weighted by Crippen LogP contribution is -2.27. The normalized spacial score (nSPS) is 13.6. The van der Waals surface area contributed by atoms with Crippen molar-refractivity contribution >= 4 is 29.0 Å². The Hall–Kier alpha value is -1.59. The molecule has 0 aliphatic heterocycles. The van der Waals surface area contributed by atoms with Crippen LogP contribution in [0, 0.1) is 0 Å². The number of nitrogens with zero attached hydrogens (tertiary/aromatic N) is 1. The van der Waals surface area contributed by atoms with Gasteiger partial charge in [-0.1, -0.05) is 12.1 Å². The van der Waals surface area contributed by atoms with Crippen LogP contribution in [0.2, 0.25) is 0 Å². The lowest BCUT2D eigenvalue weighted by atomic mass is 10.0. The van der Waals surface area contributed by atoms with E-state index in [1.807, 2.05) is 0 Å². The fourth-order valence-electron chi connectivity index (χ4n) is 1.12. The molecule has 0 amide bonds. The number of aliphatic hydroxyl groups excluding tert-OH is 2. The Kier molecular flexibility index (Phi) is 4.28. The molecule has 2 atom stereocenters. The van der Waals surface area contributed by atoms with Crippen LogP contribution in [-0.4, -0.2) is 32.6 Å². The van der Waals surface area contributed by atoms with Crippen LogP contribution >= 0.6 is 12.2 Å². The van der Waals surface area contributed by atoms with E-state index in [0.29, 0.717) is 11.3 Å². The average Bonchev–Trinajstić information content (AvgIpc) is 2.28. The highest BCUT2D eigenvalue weighted by atomic mass is 32.1. The number of rotatable bonds is 4. The second-order valence-corrected chi connectivity index (χ2v) is 3.21. The van der Waals surface area contributed by atoms with E-state index in [1.54, 1.807) is 0 Å². The third-order valence-corrected chi connectivity index (χ3v) is 2.05. The van der Waals surface area contributed by atoms with Crippen LogP contribution < -0.4 is 0 Å². The molecule has 0 bridgehead atoms. The highest BCUT2D eigenvalue weighted by Crippen LogP contribution is 2.20. The quantitative estimate of drug-likeness (QED) is 0.536. The molecule has 0 radical (unpaired) electrons. The van der Waals surface area contributed by atoms with E-state index in [-0.39, 0.29) is 0 Å². The lowest BCUT2D eigenvalue weighted by molar-refractivity contribution is -0.153. The number of isothiocyanates is 1. The van der Waals surface area contributed by atoms with Gasteiger partial charge in [0.05, 0.1) is 10.8 Å². The summed E-state index contributed by atoms with van der Waals surface area (Å²) in [7, 11) is 0. The van der Waals surface area contributed by atoms with Crippen molar-refractivity contribution in [1.29, 1.82) is 0 Å². The molecule has 6 heteroatoms. The SMILES string of the molecule is O=C(O)C(O)C(O)c1ccc(N=C=S)cc1. The Morgan fingerprint density at radius 2 is 1.88 bits per heavy atom. The van der Waals surface area contributed by atoms with Gasteiger partial charge in [0.15, 0.2) is 6.10 Å². The minimum absolute atomic E-state index is 0.290. The molecule has 5 nitrogen and oxygen atoms in total. The summed E-state index contributed by atoms with van der Waals surface area (Å²) in [6, 6.07) is 5.99. The Balaban J connectivity index is 2.89. The molecular formula is C10H9NO4S. The second kappa shape index (κ2) is 5.48. The first kappa shape index (κ1) is 12.5. The zero-order valence-corrected chi connectivity index (χ0v) is 8.89. The van der Waals surface area contributed by atoms with Gasteiger partial charge in [-0.25, -0.2) is 4.79 Å². The zero-order valence-electron chi connectivity index (χ0n) is 8.07. The minimum Gasteiger partial charge on any atom is -0.479 e. The van der Waals surface area contributed by atoms with Crippen LogP contribution in [0.15, 0.2) is 29.3 Å². The summed E-state index contributed by atoms with van der Waals surface area (Å²) in [5, 5.41) is 29.3. The van der Waals surface area contributed by atoms with Crippen molar-refractivity contribution in [3.05, 3.63) is 29.8 Å². The molecule has 1 aromatic carbocycles. The van der Waals surface area contributed by atoms with Gasteiger partial charge in [-0.3, -0.25) is 0 Å². The van der Waals surface area contributed by atoms with Gasteiger partial charge in [0.1, 0.15) is 6.10 Å². The minimum atomic E-state index is -1.85. The molecular weight excluding hydrogens is 230 g/mol. The predicted molar refractivity (Wildman–Crippen MR) is 59.7 cm³/mol. The van der Waals surface area contributed by atoms with E-state index in [0.717, 1.165) is 0 Å². The number of hydrogen-bond acceptors (Lipinski definition) is 5. The molecule has 0 saturated heterocycles. The Morgan fingerprint density at radius 3 is 2.31 bits per heavy atom. The molecule has 0 aliphatic carbocycles. The van der Waals surface area contributed by atoms with Gasteiger partial charge in [0, 0.05) is 0 Å². The van der Waals surface area contributed by atoms with E-state index >= 15 is 0 Å². The smallest absolute Gasteiger partial charge is 0.335 e. The highest BCUT2D eigenvalue weighted by molar-refractivity contribution is 7.78. The fraction of sp³-hybridized carbons (Fsp3) is 0.200. The monoisotopic (exact) mass is 239 g/mol. The summed E-state index contributed by atoms with van der Waals surface area (Å²) in [4.78, 5) is 14.1. The summed E-state index contributed by atoms with van der Waals surface area (Å²) in [5.41, 5.74) is 0.828. The van der Waals surface area contributed by atoms with Gasteiger partial charge in [-0.2, -0.15) is 4.99 Å². The molecule has 0 aliphatic rings. The number of carbonyl (C=O) groups is 1. The van der Waals surface area contributed by atoms with Crippen LogP contribution in [0.5, 0.6) is 0 Å². The first-order valence-corrected chi connectivity index (χ1v) is 4.74. The number of aliphatic imine (C=N–C) groups is 1. The van der Waals surface area contributed by atoms with Gasteiger partial charge < -0.3 is 15.3 Å². The maximum absolute atomic E-state index is 10.4. The van der Waals surface area contributed by atoms with Crippen molar-refractivity contribution in [3.8, 4) is 0 Å². The average molecular weight is 239 g/mol. The summed E-state index contributed by atoms with van der Waals surface area (Å²) in [6.45, 7) is 0. The highest BCUT2D eigenvalue weighted by Gasteiger charge is 2.24. The number of aliphatic hydroxyl groups is 2. The van der Waals surface area contributed by atoms with E-state index in [4.69, 9.17) is 10.2 Å². The summed E-state index contributed by atoms with van der Waals surface area (Å²) in [6.07, 6.45) is -3.32. The van der Waals surface area contributed by atoms with Crippen molar-refractivity contribution in [2.45, 2.75) is 12.2 Å². The van der Waals surface area contributed by atoms with E-state index in [9.17, 15) is 9.90 Å². The van der Waals surface area contributed by atoms with E-state index in [1.165, 1.54) is 24.3 Å². The van der Waals surface area contributed by atoms with Crippen LogP contribution in [0.25, 0.3) is 0 Å². The number of hydrogen-bond donors (Lipinski definition) is 3. The maximum Gasteiger partial charge on any atom is 0.335 e. The van der Waals surface area contributed by atoms with Crippen molar-refractivity contribution in [2.24, 2.45) is 4.99 Å². The molecule has 0 heterocycles. The Morgan fingerprint density at radius 1 is 1.31 bits per heavy atom. The maximum atomic E-state index is 10.4. The number of thiocarbonyl (C=S) groups is 1. The number of carboxylic acids is 1. The first-order chi connectivity index (χ1) is 7.56. The molecule has 16 heavy (non-hydrogen) atoms. The molecule has 84 valence electrons. The van der Waals surface area contributed by atoms with Crippen molar-refractivity contribution in [2.75, 3.05) is 0 Å². The van der Waals surface area contributed by atoms with E-state index in [2.05, 4.69) is 22.4 Å². The van der Waals surface area contributed by atoms with Crippen LogP contribution in [0.3, 0.4) is 0 Å². The third kappa shape index (κ3) is 2.95. The summed E-state index contributed by atoms with van der Waals surface area (Å²) in [5.74, 6) is -1.48. The van der Waals surface area contributed by atoms with Crippen LogP contribution in [0.1, 0.15) is 11.7 Å². The van der Waals surface area contributed by atoms with Crippen LogP contribution in [-0.2, 0) is 4.79 Å². The predicted octanol–water partition coefficient (Wildman–Crippen LogP) is 0.900. The van der Waals surface area contributed by atoms with Gasteiger partial charge >= 0.3 is 5.97 Å². The van der Waals surface area contributed by atoms with Gasteiger partial charge in [-0.15, -0.1) is 0 Å². The fourth-order valence-corrected chi connectivity index (χ4v) is 1.22. The second-order valence-electron chi connectivity index (χ2n) is 3.02. The molecule has 0 fully saturated rings. The largest absolute Gasteiger partial charge is 0.479 e. The standard InChI is InChI=1S/C10H9NO4S/c12-8(9(13)10(14)15)6-1-3-7(4-2-6)11-5-16/h1-4,8-9,12-13H,(H,14,15). The number of carboxylic acid groups (broad SMARTS) is 1. The van der Waals surface area contributed by atoms with Crippen molar-refractivity contribution in [3.63, 3.8) is 0 Å². The molecule has 0 spiro atoms. The molecule has 0 aromatic heterocycles. The van der Waals surface area contributed by atoms with Crippen molar-refractivity contribution < 1.29 is 20.1 Å². The number of aliphatic carboxylic acids is 1. The van der Waals surface area contributed by atoms with Gasteiger partial charge in [0.25, 0.3) is 0 Å².